The Morgan fingerprint density at radius 1 is 1.12 bits per heavy atom. The number of thioether (sulfide) groups is 1. The zero-order chi connectivity index (χ0) is 17.4. The van der Waals surface area contributed by atoms with Crippen molar-refractivity contribution in [2.45, 2.75) is 17.8 Å². The van der Waals surface area contributed by atoms with Crippen LogP contribution >= 0.6 is 27.7 Å². The molecule has 8 nitrogen and oxygen atoms in total. The summed E-state index contributed by atoms with van der Waals surface area (Å²) >= 11 is 4.70. The lowest BCUT2D eigenvalue weighted by Crippen LogP contribution is -1.95. The first-order valence-electron chi connectivity index (χ1n) is 7.26. The molecule has 0 atom stereocenters. The van der Waals surface area contributed by atoms with E-state index >= 15 is 0 Å². The van der Waals surface area contributed by atoms with Crippen LogP contribution < -0.4 is 0 Å². The van der Waals surface area contributed by atoms with Crippen LogP contribution in [0.25, 0.3) is 23.0 Å². The van der Waals surface area contributed by atoms with E-state index in [9.17, 15) is 0 Å². The van der Waals surface area contributed by atoms with E-state index in [1.165, 1.54) is 11.8 Å². The molecule has 0 aliphatic carbocycles. The molecule has 0 bridgehead atoms. The summed E-state index contributed by atoms with van der Waals surface area (Å²) < 4.78 is 18.9. The van der Waals surface area contributed by atoms with Crippen molar-refractivity contribution in [2.75, 3.05) is 0 Å². The lowest BCUT2D eigenvalue weighted by molar-refractivity contribution is 0.486. The van der Waals surface area contributed by atoms with Crippen LogP contribution in [-0.4, -0.2) is 25.0 Å². The molecular weight excluding hydrogens is 410 g/mol. The van der Waals surface area contributed by atoms with E-state index in [4.69, 9.17) is 13.3 Å². The maximum Gasteiger partial charge on any atom is 0.283 e. The maximum atomic E-state index is 5.61. The molecule has 0 aromatic carbocycles. The van der Waals surface area contributed by atoms with Crippen LogP contribution in [0.2, 0.25) is 0 Å². The van der Waals surface area contributed by atoms with E-state index < -0.39 is 0 Å². The van der Waals surface area contributed by atoms with Crippen molar-refractivity contribution in [3.8, 4) is 23.0 Å². The third-order valence-electron chi connectivity index (χ3n) is 3.51. The van der Waals surface area contributed by atoms with Crippen LogP contribution in [0.4, 0.5) is 0 Å². The first-order valence-corrected chi connectivity index (χ1v) is 9.04. The summed E-state index contributed by atoms with van der Waals surface area (Å²) in [6.07, 6.45) is 1.64. The van der Waals surface area contributed by atoms with Gasteiger partial charge in [-0.3, -0.25) is 0 Å². The minimum Gasteiger partial charge on any atom is -0.469 e. The average molecular weight is 422 g/mol. The smallest absolute Gasteiger partial charge is 0.283 e. The summed E-state index contributed by atoms with van der Waals surface area (Å²) in [5.41, 5.74) is 0.922. The molecule has 0 fully saturated rings. The van der Waals surface area contributed by atoms with Gasteiger partial charge in [0.05, 0.1) is 17.6 Å². The largest absolute Gasteiger partial charge is 0.469 e. The van der Waals surface area contributed by atoms with Gasteiger partial charge in [-0.2, -0.15) is 0 Å². The highest BCUT2D eigenvalue weighted by Crippen LogP contribution is 2.28. The summed E-state index contributed by atoms with van der Waals surface area (Å²) in [6.45, 7) is 1.89. The number of aryl methyl sites for hydroxylation is 1. The van der Waals surface area contributed by atoms with Crippen molar-refractivity contribution in [1.29, 1.82) is 0 Å². The van der Waals surface area contributed by atoms with E-state index in [0.29, 0.717) is 28.0 Å². The van der Waals surface area contributed by atoms with Crippen LogP contribution in [-0.2, 0) is 12.8 Å². The molecule has 4 aromatic heterocycles. The zero-order valence-corrected chi connectivity index (χ0v) is 15.7. The molecule has 4 rings (SSSR count). The van der Waals surface area contributed by atoms with E-state index in [1.807, 2.05) is 24.6 Å². The molecule has 0 aliphatic rings. The van der Waals surface area contributed by atoms with Crippen molar-refractivity contribution in [3.05, 3.63) is 40.8 Å². The van der Waals surface area contributed by atoms with Crippen molar-refractivity contribution >= 4 is 27.7 Å². The van der Waals surface area contributed by atoms with E-state index in [-0.39, 0.29) is 0 Å². The highest BCUT2D eigenvalue weighted by Gasteiger charge is 2.17. The van der Waals surface area contributed by atoms with Crippen LogP contribution in [0.3, 0.4) is 0 Å². The standard InChI is InChI=1S/C15H12BrN5O3S/c1-8-9(5-6-22-8)13-18-20-15(21(13)2)25-7-12-17-19-14(24-12)10-3-4-11(16)23-10/h3-6H,7H2,1-2H3. The van der Waals surface area contributed by atoms with Gasteiger partial charge in [-0.05, 0) is 41.1 Å². The lowest BCUT2D eigenvalue weighted by atomic mass is 10.2. The summed E-state index contributed by atoms with van der Waals surface area (Å²) in [4.78, 5) is 0. The minimum atomic E-state index is 0.342. The van der Waals surface area contributed by atoms with Gasteiger partial charge >= 0.3 is 0 Å². The van der Waals surface area contributed by atoms with E-state index in [1.54, 1.807) is 18.4 Å². The normalized spacial score (nSPS) is 11.3. The second-order valence-corrected chi connectivity index (χ2v) is 6.87. The van der Waals surface area contributed by atoms with Crippen LogP contribution in [0.15, 0.2) is 47.5 Å². The third-order valence-corrected chi connectivity index (χ3v) is 4.94. The third kappa shape index (κ3) is 3.14. The lowest BCUT2D eigenvalue weighted by Gasteiger charge is -2.01. The monoisotopic (exact) mass is 421 g/mol. The molecule has 25 heavy (non-hydrogen) atoms. The van der Waals surface area contributed by atoms with Crippen molar-refractivity contribution in [1.82, 2.24) is 25.0 Å². The number of rotatable bonds is 5. The maximum absolute atomic E-state index is 5.61. The molecule has 128 valence electrons. The summed E-state index contributed by atoms with van der Waals surface area (Å²) in [6, 6.07) is 5.41. The molecule has 0 saturated heterocycles. The quantitative estimate of drug-likeness (QED) is 0.444. The molecule has 10 heteroatoms. The van der Waals surface area contributed by atoms with Crippen molar-refractivity contribution in [3.63, 3.8) is 0 Å². The van der Waals surface area contributed by atoms with Gasteiger partial charge in [0, 0.05) is 7.05 Å². The number of nitrogens with zero attached hydrogens (tertiary/aromatic N) is 5. The van der Waals surface area contributed by atoms with Gasteiger partial charge in [-0.1, -0.05) is 11.8 Å². The van der Waals surface area contributed by atoms with E-state index in [0.717, 1.165) is 22.3 Å². The molecule has 0 radical (unpaired) electrons. The Morgan fingerprint density at radius 3 is 2.72 bits per heavy atom. The van der Waals surface area contributed by atoms with Crippen LogP contribution in [0.5, 0.6) is 0 Å². The molecule has 0 aliphatic heterocycles. The Balaban J connectivity index is 1.48. The fraction of sp³-hybridized carbons (Fsp3) is 0.200. The van der Waals surface area contributed by atoms with Gasteiger partial charge in [0.15, 0.2) is 21.4 Å². The zero-order valence-electron chi connectivity index (χ0n) is 13.3. The topological polar surface area (TPSA) is 95.9 Å². The Morgan fingerprint density at radius 2 is 2.00 bits per heavy atom. The first kappa shape index (κ1) is 16.2. The van der Waals surface area contributed by atoms with Gasteiger partial charge in [0.2, 0.25) is 5.89 Å². The fourth-order valence-electron chi connectivity index (χ4n) is 2.26. The second kappa shape index (κ2) is 6.52. The van der Waals surface area contributed by atoms with Crippen molar-refractivity contribution in [2.24, 2.45) is 7.05 Å². The minimum absolute atomic E-state index is 0.342. The van der Waals surface area contributed by atoms with Gasteiger partial charge in [0.1, 0.15) is 5.76 Å². The molecule has 4 heterocycles. The molecule has 0 saturated carbocycles. The highest BCUT2D eigenvalue weighted by molar-refractivity contribution is 9.10. The summed E-state index contributed by atoms with van der Waals surface area (Å²) in [7, 11) is 1.91. The van der Waals surface area contributed by atoms with Gasteiger partial charge in [-0.25, -0.2) is 0 Å². The first-order chi connectivity index (χ1) is 12.1. The van der Waals surface area contributed by atoms with E-state index in [2.05, 4.69) is 36.3 Å². The molecule has 0 amide bonds. The molecular formula is C15H12BrN5O3S. The van der Waals surface area contributed by atoms with Crippen molar-refractivity contribution < 1.29 is 13.3 Å². The van der Waals surface area contributed by atoms with Gasteiger partial charge < -0.3 is 17.8 Å². The van der Waals surface area contributed by atoms with Crippen LogP contribution in [0.1, 0.15) is 11.7 Å². The van der Waals surface area contributed by atoms with Gasteiger partial charge in [0.25, 0.3) is 5.89 Å². The van der Waals surface area contributed by atoms with Crippen LogP contribution in [0, 0.1) is 6.92 Å². The summed E-state index contributed by atoms with van der Waals surface area (Å²) in [5.74, 6) is 3.38. The number of hydrogen-bond acceptors (Lipinski definition) is 8. The molecule has 0 spiro atoms. The Bertz CT molecular complexity index is 1020. The highest BCUT2D eigenvalue weighted by atomic mass is 79.9. The fourth-order valence-corrected chi connectivity index (χ4v) is 3.31. The second-order valence-electron chi connectivity index (χ2n) is 5.15. The van der Waals surface area contributed by atoms with Gasteiger partial charge in [-0.15, -0.1) is 20.4 Å². The molecule has 0 N–H and O–H groups in total. The Hall–Kier alpha value is -2.33. The molecule has 4 aromatic rings. The number of furan rings is 2. The number of hydrogen-bond donors (Lipinski definition) is 0. The number of aromatic nitrogens is 5. The average Bonchev–Trinajstić information content (AvgIpc) is 3.34. The SMILES string of the molecule is Cc1occc1-c1nnc(SCc2nnc(-c3ccc(Br)o3)o2)n1C. The summed E-state index contributed by atoms with van der Waals surface area (Å²) in [5, 5.41) is 17.2. The predicted molar refractivity (Wildman–Crippen MR) is 92.7 cm³/mol. The Labute approximate surface area is 154 Å². The Kier molecular flexibility index (Phi) is 4.22. The molecule has 0 unspecified atom stereocenters. The number of halogens is 1. The predicted octanol–water partition coefficient (Wildman–Crippen LogP) is 4.08.